The first-order valence-electron chi connectivity index (χ1n) is 18.8. The zero-order valence-electron chi connectivity index (χ0n) is 32.3. The molecule has 9 aromatic rings. The van der Waals surface area contributed by atoms with Crippen molar-refractivity contribution in [2.75, 3.05) is 0 Å². The number of aromatic nitrogens is 3. The standard InChI is InChI=1S/C41H33N2O.C11H8N.Ir/c1-27-9-8-12-31(23-27)34-15-13-33(37-26-30(19-22-43-37)28-10-6-5-7-11-28)25-35(34)32-14-16-38-36(24-32)39(41(2,3)4)40(44-38)29-17-20-42-21-18-29;1-2-6-10(7-3-1)11-8-4-5-9-12-11;/h5-12,14-26H,1-4H3;1-6,8-9H;/q2*-1;. The van der Waals surface area contributed by atoms with Gasteiger partial charge in [-0.2, -0.15) is 0 Å². The molecule has 281 valence electrons. The van der Waals surface area contributed by atoms with Gasteiger partial charge in [0.2, 0.25) is 0 Å². The first kappa shape index (κ1) is 39.0. The maximum atomic E-state index is 6.54. The molecule has 0 spiro atoms. The topological polar surface area (TPSA) is 51.8 Å². The van der Waals surface area contributed by atoms with Crippen LogP contribution in [-0.2, 0) is 25.5 Å². The fourth-order valence-corrected chi connectivity index (χ4v) is 7.11. The van der Waals surface area contributed by atoms with Crippen molar-refractivity contribution in [1.29, 1.82) is 0 Å². The molecule has 0 amide bonds. The number of hydrogen-bond donors (Lipinski definition) is 0. The predicted molar refractivity (Wildman–Crippen MR) is 230 cm³/mol. The summed E-state index contributed by atoms with van der Waals surface area (Å²) in [5.74, 6) is 0.898. The number of hydrogen-bond acceptors (Lipinski definition) is 4. The number of benzene rings is 5. The van der Waals surface area contributed by atoms with Crippen molar-refractivity contribution in [2.45, 2.75) is 33.1 Å². The van der Waals surface area contributed by atoms with Crippen LogP contribution in [0.4, 0.5) is 0 Å². The quantitative estimate of drug-likeness (QED) is 0.156. The van der Waals surface area contributed by atoms with Crippen molar-refractivity contribution in [3.8, 4) is 67.2 Å². The minimum atomic E-state index is -0.140. The minimum Gasteiger partial charge on any atom is -0.456 e. The van der Waals surface area contributed by atoms with Crippen LogP contribution >= 0.6 is 0 Å². The summed E-state index contributed by atoms with van der Waals surface area (Å²) in [6, 6.07) is 58.6. The van der Waals surface area contributed by atoms with E-state index in [-0.39, 0.29) is 25.5 Å². The van der Waals surface area contributed by atoms with E-state index in [1.165, 1.54) is 11.1 Å². The Kier molecular flexibility index (Phi) is 11.8. The third kappa shape index (κ3) is 8.76. The van der Waals surface area contributed by atoms with Crippen LogP contribution in [0.2, 0.25) is 0 Å². The van der Waals surface area contributed by atoms with Gasteiger partial charge in [0, 0.05) is 61.4 Å². The van der Waals surface area contributed by atoms with Crippen molar-refractivity contribution in [2.24, 2.45) is 0 Å². The smallest absolute Gasteiger partial charge is 0.139 e. The van der Waals surface area contributed by atoms with E-state index in [4.69, 9.17) is 9.40 Å². The van der Waals surface area contributed by atoms with E-state index >= 15 is 0 Å². The molecule has 0 fully saturated rings. The number of fused-ring (bicyclic) bond motifs is 1. The normalized spacial score (nSPS) is 11.0. The fourth-order valence-electron chi connectivity index (χ4n) is 7.11. The molecule has 0 N–H and O–H groups in total. The van der Waals surface area contributed by atoms with Gasteiger partial charge in [0.05, 0.1) is 0 Å². The van der Waals surface area contributed by atoms with Crippen LogP contribution in [0.5, 0.6) is 0 Å². The van der Waals surface area contributed by atoms with Gasteiger partial charge < -0.3 is 14.4 Å². The number of nitrogens with zero attached hydrogens (tertiary/aromatic N) is 3. The van der Waals surface area contributed by atoms with Gasteiger partial charge in [-0.05, 0) is 76.8 Å². The number of aryl methyl sites for hydroxylation is 1. The van der Waals surface area contributed by atoms with Gasteiger partial charge in [-0.15, -0.1) is 59.7 Å². The summed E-state index contributed by atoms with van der Waals surface area (Å²) in [6.45, 7) is 8.86. The number of furan rings is 1. The zero-order valence-corrected chi connectivity index (χ0v) is 34.7. The van der Waals surface area contributed by atoms with E-state index in [1.807, 2.05) is 79.3 Å². The summed E-state index contributed by atoms with van der Waals surface area (Å²) in [5, 5.41) is 1.12. The number of rotatable bonds is 6. The summed E-state index contributed by atoms with van der Waals surface area (Å²) in [6.07, 6.45) is 7.30. The van der Waals surface area contributed by atoms with Crippen LogP contribution in [0, 0.1) is 19.1 Å². The maximum Gasteiger partial charge on any atom is 0.139 e. The Hall–Kier alpha value is -6.26. The molecule has 1 radical (unpaired) electrons. The molecule has 0 aliphatic heterocycles. The fraction of sp³-hybridized carbons (Fsp3) is 0.0962. The summed E-state index contributed by atoms with van der Waals surface area (Å²) >= 11 is 0. The van der Waals surface area contributed by atoms with Crippen molar-refractivity contribution in [3.05, 3.63) is 200 Å². The van der Waals surface area contributed by atoms with E-state index in [2.05, 4.69) is 141 Å². The zero-order chi connectivity index (χ0) is 38.5. The molecule has 0 saturated heterocycles. The predicted octanol–water partition coefficient (Wildman–Crippen LogP) is 13.5. The largest absolute Gasteiger partial charge is 0.456 e. The average Bonchev–Trinajstić information content (AvgIpc) is 3.65. The summed E-state index contributed by atoms with van der Waals surface area (Å²) < 4.78 is 6.54. The van der Waals surface area contributed by atoms with Crippen LogP contribution in [0.15, 0.2) is 181 Å². The van der Waals surface area contributed by atoms with Gasteiger partial charge in [-0.1, -0.05) is 122 Å². The molecule has 0 aliphatic rings. The second kappa shape index (κ2) is 17.3. The van der Waals surface area contributed by atoms with Crippen LogP contribution < -0.4 is 0 Å². The van der Waals surface area contributed by atoms with Crippen molar-refractivity contribution < 1.29 is 24.5 Å². The molecule has 0 saturated carbocycles. The Labute approximate surface area is 348 Å². The van der Waals surface area contributed by atoms with Gasteiger partial charge in [0.25, 0.3) is 0 Å². The molecular weight excluding hydrogens is 875 g/mol. The Morgan fingerprint density at radius 3 is 2.00 bits per heavy atom. The first-order chi connectivity index (χ1) is 27.3. The van der Waals surface area contributed by atoms with Crippen LogP contribution in [0.3, 0.4) is 0 Å². The Bertz CT molecular complexity index is 2680. The van der Waals surface area contributed by atoms with Gasteiger partial charge in [0.15, 0.2) is 0 Å². The molecule has 9 rings (SSSR count). The molecule has 0 unspecified atom stereocenters. The summed E-state index contributed by atoms with van der Waals surface area (Å²) in [4.78, 5) is 13.2. The second-order valence-electron chi connectivity index (χ2n) is 14.8. The molecule has 57 heavy (non-hydrogen) atoms. The van der Waals surface area contributed by atoms with Gasteiger partial charge in [0.1, 0.15) is 11.3 Å². The molecule has 5 heteroatoms. The molecule has 0 bridgehead atoms. The molecule has 4 aromatic heterocycles. The Morgan fingerprint density at radius 1 is 0.526 bits per heavy atom. The van der Waals surface area contributed by atoms with Gasteiger partial charge in [-0.3, -0.25) is 4.98 Å². The van der Waals surface area contributed by atoms with Gasteiger partial charge >= 0.3 is 0 Å². The summed E-state index contributed by atoms with van der Waals surface area (Å²) in [5.41, 5.74) is 14.9. The molecule has 0 aliphatic carbocycles. The Morgan fingerprint density at radius 2 is 1.26 bits per heavy atom. The minimum absolute atomic E-state index is 0. The SMILES string of the molecule is Cc1cccc(-c2c[c-]c(-c3cc(-c4ccccc4)ccn3)cc2-c2ccc3oc(-c4ccncc4)c(C(C)(C)C)c3c2)c1.[Ir].[c-]1ccccc1-c1ccccn1. The molecule has 4 nitrogen and oxygen atoms in total. The average molecular weight is 916 g/mol. The van der Waals surface area contributed by atoms with Crippen molar-refractivity contribution in [1.82, 2.24) is 15.0 Å². The van der Waals surface area contributed by atoms with Gasteiger partial charge in [-0.25, -0.2) is 0 Å². The van der Waals surface area contributed by atoms with E-state index in [1.54, 1.807) is 6.20 Å². The Balaban J connectivity index is 0.000000326. The summed E-state index contributed by atoms with van der Waals surface area (Å²) in [7, 11) is 0. The molecule has 4 heterocycles. The van der Waals surface area contributed by atoms with E-state index < -0.39 is 0 Å². The van der Waals surface area contributed by atoms with Crippen LogP contribution in [0.1, 0.15) is 31.9 Å². The molecule has 0 atom stereocenters. The van der Waals surface area contributed by atoms with Crippen LogP contribution in [0.25, 0.3) is 78.2 Å². The number of pyridine rings is 3. The van der Waals surface area contributed by atoms with Crippen molar-refractivity contribution >= 4 is 11.0 Å². The van der Waals surface area contributed by atoms with E-state index in [9.17, 15) is 0 Å². The van der Waals surface area contributed by atoms with E-state index in [0.717, 1.165) is 78.2 Å². The maximum absolute atomic E-state index is 6.54. The third-order valence-corrected chi connectivity index (χ3v) is 9.76. The second-order valence-corrected chi connectivity index (χ2v) is 14.8. The monoisotopic (exact) mass is 916 g/mol. The molecular formula is C52H41IrN3O-2. The first-order valence-corrected chi connectivity index (χ1v) is 18.8. The van der Waals surface area contributed by atoms with Crippen LogP contribution in [-0.4, -0.2) is 15.0 Å². The van der Waals surface area contributed by atoms with Crippen molar-refractivity contribution in [3.63, 3.8) is 0 Å². The molecule has 5 aromatic carbocycles. The van der Waals surface area contributed by atoms with E-state index in [0.29, 0.717) is 0 Å². The third-order valence-electron chi connectivity index (χ3n) is 9.76.